The predicted molar refractivity (Wildman–Crippen MR) is 128 cm³/mol. The first kappa shape index (κ1) is 24.7. The topological polar surface area (TPSA) is 68.6 Å². The van der Waals surface area contributed by atoms with Crippen LogP contribution in [0.25, 0.3) is 0 Å². The van der Waals surface area contributed by atoms with E-state index in [2.05, 4.69) is 0 Å². The average Bonchev–Trinajstić information content (AvgIpc) is 3.47. The number of hydrogen-bond donors (Lipinski definition) is 0. The second-order valence-electron chi connectivity index (χ2n) is 9.28. The van der Waals surface area contributed by atoms with Crippen molar-refractivity contribution in [2.24, 2.45) is 0 Å². The molecule has 0 radical (unpaired) electrons. The summed E-state index contributed by atoms with van der Waals surface area (Å²) in [7, 11) is 1.35. The summed E-state index contributed by atoms with van der Waals surface area (Å²) in [6, 6.07) is 16.8. The highest BCUT2D eigenvalue weighted by Gasteiger charge is 2.37. The normalized spacial score (nSPS) is 17.9. The molecule has 0 bridgehead atoms. The van der Waals surface area contributed by atoms with Crippen molar-refractivity contribution in [2.45, 2.75) is 43.9 Å². The lowest BCUT2D eigenvalue weighted by Crippen LogP contribution is -2.13. The van der Waals surface area contributed by atoms with Gasteiger partial charge in [0.05, 0.1) is 37.3 Å². The third-order valence-corrected chi connectivity index (χ3v) is 7.00. The molecule has 2 aliphatic rings. The molecule has 37 heavy (non-hydrogen) atoms. The Morgan fingerprint density at radius 1 is 1.14 bits per heavy atom. The highest BCUT2D eigenvalue weighted by molar-refractivity contribution is 5.71. The highest BCUT2D eigenvalue weighted by Crippen LogP contribution is 2.44. The second-order valence-corrected chi connectivity index (χ2v) is 9.28. The molecule has 190 valence electrons. The molecular formula is C29H24F3NO4. The zero-order valence-corrected chi connectivity index (χ0v) is 20.1. The van der Waals surface area contributed by atoms with Gasteiger partial charge in [-0.15, -0.1) is 0 Å². The summed E-state index contributed by atoms with van der Waals surface area (Å²) in [5.41, 5.74) is 2.93. The van der Waals surface area contributed by atoms with Crippen LogP contribution in [-0.4, -0.2) is 19.7 Å². The van der Waals surface area contributed by atoms with Gasteiger partial charge < -0.3 is 14.2 Å². The Morgan fingerprint density at radius 3 is 2.70 bits per heavy atom. The van der Waals surface area contributed by atoms with Crippen LogP contribution in [0, 0.1) is 11.3 Å². The SMILES string of the molecule is COC(=O)CC1COc2cc(O[C@@H]3CCc4c3ccc(C(F)(F)F)c4Cc3cccc(C#N)c3)ccc21. The van der Waals surface area contributed by atoms with E-state index in [-0.39, 0.29) is 30.3 Å². The Morgan fingerprint density at radius 2 is 1.95 bits per heavy atom. The smallest absolute Gasteiger partial charge is 0.416 e. The minimum atomic E-state index is -4.49. The van der Waals surface area contributed by atoms with Crippen molar-refractivity contribution < 1.29 is 32.2 Å². The summed E-state index contributed by atoms with van der Waals surface area (Å²) < 4.78 is 58.6. The van der Waals surface area contributed by atoms with Crippen LogP contribution in [0.4, 0.5) is 13.2 Å². The molecule has 5 nitrogen and oxygen atoms in total. The Kier molecular flexibility index (Phi) is 6.55. The largest absolute Gasteiger partial charge is 0.492 e. The van der Waals surface area contributed by atoms with Gasteiger partial charge in [-0.3, -0.25) is 4.79 Å². The molecule has 0 fully saturated rings. The van der Waals surface area contributed by atoms with Gasteiger partial charge in [-0.1, -0.05) is 24.3 Å². The molecule has 5 rings (SSSR count). The van der Waals surface area contributed by atoms with Gasteiger partial charge in [-0.05, 0) is 65.8 Å². The number of nitriles is 1. The first-order chi connectivity index (χ1) is 17.8. The third-order valence-electron chi connectivity index (χ3n) is 7.00. The van der Waals surface area contributed by atoms with E-state index in [9.17, 15) is 23.2 Å². The molecule has 0 amide bonds. The third kappa shape index (κ3) is 4.99. The number of ether oxygens (including phenoxy) is 3. The van der Waals surface area contributed by atoms with Crippen molar-refractivity contribution in [1.82, 2.24) is 0 Å². The molecule has 1 unspecified atom stereocenters. The number of benzene rings is 3. The molecule has 1 heterocycles. The van der Waals surface area contributed by atoms with Gasteiger partial charge in [-0.2, -0.15) is 18.4 Å². The summed E-state index contributed by atoms with van der Waals surface area (Å²) >= 11 is 0. The van der Waals surface area contributed by atoms with Crippen molar-refractivity contribution in [3.63, 3.8) is 0 Å². The molecule has 3 aromatic rings. The van der Waals surface area contributed by atoms with Crippen LogP contribution < -0.4 is 9.47 Å². The fourth-order valence-electron chi connectivity index (χ4n) is 5.23. The Bertz CT molecular complexity index is 1390. The van der Waals surface area contributed by atoms with Crippen LogP contribution in [0.5, 0.6) is 11.5 Å². The quantitative estimate of drug-likeness (QED) is 0.368. The lowest BCUT2D eigenvalue weighted by atomic mass is 9.91. The molecule has 0 aromatic heterocycles. The van der Waals surface area contributed by atoms with Crippen LogP contribution >= 0.6 is 0 Å². The average molecular weight is 508 g/mol. The van der Waals surface area contributed by atoms with E-state index in [1.165, 1.54) is 13.2 Å². The summed E-state index contributed by atoms with van der Waals surface area (Å²) in [6.45, 7) is 0.372. The van der Waals surface area contributed by atoms with Gasteiger partial charge in [0.15, 0.2) is 0 Å². The summed E-state index contributed by atoms with van der Waals surface area (Å²) in [6.07, 6.45) is -3.58. The van der Waals surface area contributed by atoms with E-state index in [1.807, 2.05) is 12.1 Å². The van der Waals surface area contributed by atoms with Crippen LogP contribution in [0.3, 0.4) is 0 Å². The van der Waals surface area contributed by atoms with E-state index in [0.717, 1.165) is 17.2 Å². The van der Waals surface area contributed by atoms with Gasteiger partial charge in [0.25, 0.3) is 0 Å². The Labute approximate surface area is 212 Å². The molecule has 0 saturated carbocycles. The molecule has 0 N–H and O–H groups in total. The number of fused-ring (bicyclic) bond motifs is 2. The molecule has 0 spiro atoms. The lowest BCUT2D eigenvalue weighted by Gasteiger charge is -2.20. The fourth-order valence-corrected chi connectivity index (χ4v) is 5.23. The molecule has 1 aliphatic heterocycles. The minimum Gasteiger partial charge on any atom is -0.492 e. The summed E-state index contributed by atoms with van der Waals surface area (Å²) in [5, 5.41) is 9.19. The molecule has 3 aromatic carbocycles. The molecule has 8 heteroatoms. The lowest BCUT2D eigenvalue weighted by molar-refractivity contribution is -0.141. The Balaban J connectivity index is 1.42. The highest BCUT2D eigenvalue weighted by atomic mass is 19.4. The van der Waals surface area contributed by atoms with Crippen molar-refractivity contribution in [3.05, 3.63) is 93.5 Å². The van der Waals surface area contributed by atoms with Crippen LogP contribution in [-0.2, 0) is 28.5 Å². The number of nitrogens with zero attached hydrogens (tertiary/aromatic N) is 1. The van der Waals surface area contributed by atoms with Gasteiger partial charge in [-0.25, -0.2) is 0 Å². The first-order valence-electron chi connectivity index (χ1n) is 12.0. The van der Waals surface area contributed by atoms with Crippen molar-refractivity contribution in [3.8, 4) is 17.6 Å². The molecule has 1 aliphatic carbocycles. The monoisotopic (exact) mass is 507 g/mol. The van der Waals surface area contributed by atoms with Crippen molar-refractivity contribution >= 4 is 5.97 Å². The maximum Gasteiger partial charge on any atom is 0.416 e. The number of alkyl halides is 3. The maximum absolute atomic E-state index is 13.9. The number of halogens is 3. The standard InChI is InChI=1S/C29H24F3NO4/c1-35-28(34)13-19-16-36-27-14-20(5-6-21(19)27)37-26-10-8-22-23(26)7-9-25(29(30,31)32)24(22)12-17-3-2-4-18(11-17)15-33/h2-7,9,11,14,19,26H,8,10,12-13,16H2,1H3/t19?,26-/m1/s1. The Hall–Kier alpha value is -3.99. The van der Waals surface area contributed by atoms with E-state index >= 15 is 0 Å². The van der Waals surface area contributed by atoms with Gasteiger partial charge in [0, 0.05) is 17.5 Å². The summed E-state index contributed by atoms with van der Waals surface area (Å²) in [4.78, 5) is 11.7. The zero-order valence-electron chi connectivity index (χ0n) is 20.1. The van der Waals surface area contributed by atoms with Gasteiger partial charge in [0.1, 0.15) is 17.6 Å². The number of rotatable bonds is 6. The van der Waals surface area contributed by atoms with E-state index in [1.54, 1.807) is 36.4 Å². The molecule has 2 atom stereocenters. The van der Waals surface area contributed by atoms with E-state index in [4.69, 9.17) is 14.2 Å². The predicted octanol–water partition coefficient (Wildman–Crippen LogP) is 6.27. The fraction of sp³-hybridized carbons (Fsp3) is 0.310. The maximum atomic E-state index is 13.9. The number of methoxy groups -OCH3 is 1. The second kappa shape index (κ2) is 9.81. The van der Waals surface area contributed by atoms with Crippen LogP contribution in [0.15, 0.2) is 54.6 Å². The minimum absolute atomic E-state index is 0.0779. The van der Waals surface area contributed by atoms with Crippen LogP contribution in [0.2, 0.25) is 0 Å². The zero-order chi connectivity index (χ0) is 26.2. The summed E-state index contributed by atoms with van der Waals surface area (Å²) in [5.74, 6) is 0.790. The van der Waals surface area contributed by atoms with Crippen molar-refractivity contribution in [1.29, 1.82) is 5.26 Å². The number of carbonyl (C=O) groups excluding carboxylic acids is 1. The van der Waals surface area contributed by atoms with Crippen LogP contribution in [0.1, 0.15) is 63.8 Å². The van der Waals surface area contributed by atoms with E-state index in [0.29, 0.717) is 47.6 Å². The molecular weight excluding hydrogens is 483 g/mol. The van der Waals surface area contributed by atoms with E-state index < -0.39 is 17.8 Å². The first-order valence-corrected chi connectivity index (χ1v) is 12.0. The number of esters is 1. The van der Waals surface area contributed by atoms with Crippen molar-refractivity contribution in [2.75, 3.05) is 13.7 Å². The van der Waals surface area contributed by atoms with Gasteiger partial charge in [0.2, 0.25) is 0 Å². The molecule has 0 saturated heterocycles. The number of carbonyl (C=O) groups is 1. The van der Waals surface area contributed by atoms with Gasteiger partial charge >= 0.3 is 12.1 Å². The number of hydrogen-bond acceptors (Lipinski definition) is 5.